The van der Waals surface area contributed by atoms with E-state index in [4.69, 9.17) is 14.9 Å². The number of carboxylic acids is 1. The van der Waals surface area contributed by atoms with Crippen LogP contribution in [0.3, 0.4) is 0 Å². The van der Waals surface area contributed by atoms with E-state index in [-0.39, 0.29) is 18.8 Å². The van der Waals surface area contributed by atoms with Crippen molar-refractivity contribution in [3.8, 4) is 0 Å². The molecule has 0 spiro atoms. The van der Waals surface area contributed by atoms with E-state index in [1.54, 1.807) is 0 Å². The van der Waals surface area contributed by atoms with E-state index in [9.17, 15) is 9.18 Å². The highest BCUT2D eigenvalue weighted by atomic mass is 19.1. The molecule has 2 N–H and O–H groups in total. The van der Waals surface area contributed by atoms with Gasteiger partial charge in [-0.2, -0.15) is 0 Å². The molecule has 0 saturated carbocycles. The molecule has 16 heavy (non-hydrogen) atoms. The van der Waals surface area contributed by atoms with E-state index >= 15 is 0 Å². The number of carbonyl (C=O) groups is 1. The second-order valence-electron chi connectivity index (χ2n) is 3.22. The fourth-order valence-corrected chi connectivity index (χ4v) is 1.25. The Kier molecular flexibility index (Phi) is 4.88. The minimum Gasteiger partial charge on any atom is -0.479 e. The second kappa shape index (κ2) is 6.19. The van der Waals surface area contributed by atoms with E-state index in [0.717, 1.165) is 6.07 Å². The number of ether oxygens (including phenoxy) is 1. The number of hydrogen-bond acceptors (Lipinski definition) is 3. The average Bonchev–Trinajstić information content (AvgIpc) is 2.24. The van der Waals surface area contributed by atoms with Gasteiger partial charge in [0.15, 0.2) is 6.10 Å². The molecule has 0 radical (unpaired) electrons. The molecule has 0 fully saturated rings. The van der Waals surface area contributed by atoms with Crippen LogP contribution in [0.4, 0.5) is 4.39 Å². The molecule has 0 aromatic heterocycles. The Morgan fingerprint density at radius 1 is 1.50 bits per heavy atom. The summed E-state index contributed by atoms with van der Waals surface area (Å²) in [5.41, 5.74) is 0.255. The largest absolute Gasteiger partial charge is 0.479 e. The van der Waals surface area contributed by atoms with E-state index in [1.165, 1.54) is 18.2 Å². The van der Waals surface area contributed by atoms with Crippen LogP contribution in [0.5, 0.6) is 0 Å². The maximum atomic E-state index is 12.9. The summed E-state index contributed by atoms with van der Waals surface area (Å²) in [4.78, 5) is 10.9. The lowest BCUT2D eigenvalue weighted by molar-refractivity contribution is -0.151. The van der Waals surface area contributed by atoms with Crippen LogP contribution >= 0.6 is 0 Å². The molecular formula is C11H13FO4. The van der Waals surface area contributed by atoms with Crippen molar-refractivity contribution in [1.82, 2.24) is 0 Å². The summed E-state index contributed by atoms with van der Waals surface area (Å²) in [6, 6.07) is 5.27. The lowest BCUT2D eigenvalue weighted by Crippen LogP contribution is -2.16. The van der Waals surface area contributed by atoms with Gasteiger partial charge < -0.3 is 14.9 Å². The Labute approximate surface area is 92.3 Å². The van der Waals surface area contributed by atoms with Crippen molar-refractivity contribution < 1.29 is 24.1 Å². The fourth-order valence-electron chi connectivity index (χ4n) is 1.25. The summed E-state index contributed by atoms with van der Waals surface area (Å²) in [7, 11) is 0. The van der Waals surface area contributed by atoms with Gasteiger partial charge in [0.05, 0.1) is 6.61 Å². The predicted molar refractivity (Wildman–Crippen MR) is 54.4 cm³/mol. The van der Waals surface area contributed by atoms with Gasteiger partial charge in [-0.15, -0.1) is 0 Å². The number of aliphatic carboxylic acids is 1. The number of carboxylic acid groups (broad SMARTS) is 1. The summed E-state index contributed by atoms with van der Waals surface area (Å²) >= 11 is 0. The molecule has 0 amide bonds. The third-order valence-corrected chi connectivity index (χ3v) is 1.96. The maximum absolute atomic E-state index is 12.9. The molecule has 1 aromatic carbocycles. The molecule has 0 aliphatic carbocycles. The van der Waals surface area contributed by atoms with Gasteiger partial charge >= 0.3 is 5.97 Å². The smallest absolute Gasteiger partial charge is 0.337 e. The van der Waals surface area contributed by atoms with Gasteiger partial charge in [-0.25, -0.2) is 9.18 Å². The topological polar surface area (TPSA) is 66.8 Å². The average molecular weight is 228 g/mol. The van der Waals surface area contributed by atoms with Gasteiger partial charge in [-0.1, -0.05) is 12.1 Å². The first kappa shape index (κ1) is 12.6. The third kappa shape index (κ3) is 3.60. The molecule has 1 atom stereocenters. The molecule has 0 bridgehead atoms. The lowest BCUT2D eigenvalue weighted by Gasteiger charge is -2.13. The summed E-state index contributed by atoms with van der Waals surface area (Å²) in [6.45, 7) is 0.0411. The Morgan fingerprint density at radius 3 is 2.81 bits per heavy atom. The van der Waals surface area contributed by atoms with E-state index in [0.29, 0.717) is 6.42 Å². The molecule has 88 valence electrons. The molecular weight excluding hydrogens is 215 g/mol. The summed E-state index contributed by atoms with van der Waals surface area (Å²) in [5.74, 6) is -1.68. The standard InChI is InChI=1S/C11H13FO4/c12-9-4-1-3-8(7-9)10(11(14)15)16-6-2-5-13/h1,3-4,7,10,13H,2,5-6H2,(H,14,15). The molecule has 1 aromatic rings. The maximum Gasteiger partial charge on any atom is 0.337 e. The molecule has 0 aliphatic rings. The molecule has 4 nitrogen and oxygen atoms in total. The van der Waals surface area contributed by atoms with Crippen LogP contribution < -0.4 is 0 Å². The Hall–Kier alpha value is -1.46. The summed E-state index contributed by atoms with van der Waals surface area (Å²) in [6.07, 6.45) is -0.846. The van der Waals surface area contributed by atoms with E-state index in [1.807, 2.05) is 0 Å². The van der Waals surface area contributed by atoms with Gasteiger partial charge in [-0.05, 0) is 24.1 Å². The second-order valence-corrected chi connectivity index (χ2v) is 3.22. The number of aliphatic hydroxyl groups is 1. The number of rotatable bonds is 6. The van der Waals surface area contributed by atoms with Crippen molar-refractivity contribution in [1.29, 1.82) is 0 Å². The first-order chi connectivity index (χ1) is 7.65. The highest BCUT2D eigenvalue weighted by Crippen LogP contribution is 2.18. The first-order valence-electron chi connectivity index (χ1n) is 4.86. The van der Waals surface area contributed by atoms with Gasteiger partial charge in [0.1, 0.15) is 5.82 Å². The highest BCUT2D eigenvalue weighted by molar-refractivity contribution is 5.74. The van der Waals surface area contributed by atoms with Crippen molar-refractivity contribution >= 4 is 5.97 Å². The molecule has 0 aliphatic heterocycles. The Bertz CT molecular complexity index is 354. The first-order valence-corrected chi connectivity index (χ1v) is 4.86. The van der Waals surface area contributed by atoms with Crippen molar-refractivity contribution in [3.05, 3.63) is 35.6 Å². The van der Waals surface area contributed by atoms with E-state index in [2.05, 4.69) is 0 Å². The Morgan fingerprint density at radius 2 is 2.25 bits per heavy atom. The SMILES string of the molecule is O=C(O)C(OCCCO)c1cccc(F)c1. The molecule has 0 saturated heterocycles. The minimum absolute atomic E-state index is 0.0739. The van der Waals surface area contributed by atoms with Crippen LogP contribution in [0.25, 0.3) is 0 Å². The van der Waals surface area contributed by atoms with Crippen LogP contribution in [-0.2, 0) is 9.53 Å². The molecule has 1 unspecified atom stereocenters. The zero-order valence-electron chi connectivity index (χ0n) is 8.60. The minimum atomic E-state index is -1.19. The zero-order chi connectivity index (χ0) is 12.0. The highest BCUT2D eigenvalue weighted by Gasteiger charge is 2.20. The lowest BCUT2D eigenvalue weighted by atomic mass is 10.1. The van der Waals surface area contributed by atoms with Gasteiger partial charge in [0, 0.05) is 6.61 Å². The number of aliphatic hydroxyl groups excluding tert-OH is 1. The third-order valence-electron chi connectivity index (χ3n) is 1.96. The monoisotopic (exact) mass is 228 g/mol. The predicted octanol–water partition coefficient (Wildman–Crippen LogP) is 1.35. The van der Waals surface area contributed by atoms with Crippen LogP contribution in [0.15, 0.2) is 24.3 Å². The summed E-state index contributed by atoms with van der Waals surface area (Å²) in [5, 5.41) is 17.5. The van der Waals surface area contributed by atoms with Crippen molar-refractivity contribution in [2.24, 2.45) is 0 Å². The molecule has 0 heterocycles. The van der Waals surface area contributed by atoms with Crippen LogP contribution in [0, 0.1) is 5.82 Å². The van der Waals surface area contributed by atoms with E-state index < -0.39 is 17.9 Å². The van der Waals surface area contributed by atoms with Crippen LogP contribution in [0.2, 0.25) is 0 Å². The number of benzene rings is 1. The zero-order valence-corrected chi connectivity index (χ0v) is 8.60. The quantitative estimate of drug-likeness (QED) is 0.721. The molecule has 1 rings (SSSR count). The van der Waals surface area contributed by atoms with Gasteiger partial charge in [0.25, 0.3) is 0 Å². The van der Waals surface area contributed by atoms with Crippen molar-refractivity contribution in [2.45, 2.75) is 12.5 Å². The van der Waals surface area contributed by atoms with Crippen LogP contribution in [-0.4, -0.2) is 29.4 Å². The normalized spacial score (nSPS) is 12.4. The molecule has 5 heteroatoms. The van der Waals surface area contributed by atoms with Gasteiger partial charge in [0.2, 0.25) is 0 Å². The van der Waals surface area contributed by atoms with Gasteiger partial charge in [-0.3, -0.25) is 0 Å². The van der Waals surface area contributed by atoms with Crippen molar-refractivity contribution in [3.63, 3.8) is 0 Å². The summed E-state index contributed by atoms with van der Waals surface area (Å²) < 4.78 is 17.9. The fraction of sp³-hybridized carbons (Fsp3) is 0.364. The van der Waals surface area contributed by atoms with Crippen LogP contribution in [0.1, 0.15) is 18.1 Å². The number of hydrogen-bond donors (Lipinski definition) is 2. The Balaban J connectivity index is 2.73. The number of halogens is 1. The van der Waals surface area contributed by atoms with Crippen molar-refractivity contribution in [2.75, 3.05) is 13.2 Å².